The minimum Gasteiger partial charge on any atom is -0.508 e. The maximum atomic E-state index is 12.9. The lowest BCUT2D eigenvalue weighted by molar-refractivity contribution is -0.122. The molecule has 154 valence electrons. The maximum Gasteiger partial charge on any atom is 0.335 e. The van der Waals surface area contributed by atoms with Gasteiger partial charge in [0.2, 0.25) is 0 Å². The molecule has 1 saturated heterocycles. The number of phenolic OH excluding ortho intramolecular Hbond substituents is 1. The lowest BCUT2D eigenvalue weighted by Crippen LogP contribution is -2.54. The summed E-state index contributed by atoms with van der Waals surface area (Å²) >= 11 is 0. The molecule has 0 radical (unpaired) electrons. The van der Waals surface area contributed by atoms with Crippen LogP contribution in [-0.4, -0.2) is 23.0 Å². The lowest BCUT2D eigenvalue weighted by Gasteiger charge is -2.26. The Labute approximate surface area is 178 Å². The zero-order chi connectivity index (χ0) is 21.8. The Morgan fingerprint density at radius 2 is 1.65 bits per heavy atom. The van der Waals surface area contributed by atoms with Crippen LogP contribution in [0.1, 0.15) is 11.1 Å². The minimum atomic E-state index is -0.832. The molecule has 0 aliphatic carbocycles. The molecule has 2 N–H and O–H groups in total. The third-order valence-corrected chi connectivity index (χ3v) is 4.63. The van der Waals surface area contributed by atoms with Crippen LogP contribution in [0.3, 0.4) is 0 Å². The summed E-state index contributed by atoms with van der Waals surface area (Å²) in [7, 11) is 0. The molecule has 31 heavy (non-hydrogen) atoms. The number of urea groups is 1. The first-order valence-corrected chi connectivity index (χ1v) is 9.48. The molecular formula is C24H18N2O5. The molecule has 7 heteroatoms. The Hall–Kier alpha value is -4.39. The van der Waals surface area contributed by atoms with Crippen molar-refractivity contribution < 1.29 is 24.2 Å². The van der Waals surface area contributed by atoms with E-state index in [1.807, 2.05) is 30.3 Å². The van der Waals surface area contributed by atoms with Crippen molar-refractivity contribution in [3.05, 3.63) is 95.6 Å². The van der Waals surface area contributed by atoms with Crippen LogP contribution in [0.5, 0.6) is 11.5 Å². The zero-order valence-corrected chi connectivity index (χ0v) is 16.3. The van der Waals surface area contributed by atoms with Crippen LogP contribution < -0.4 is 15.0 Å². The van der Waals surface area contributed by atoms with Gasteiger partial charge in [0.1, 0.15) is 23.7 Å². The van der Waals surface area contributed by atoms with E-state index >= 15 is 0 Å². The van der Waals surface area contributed by atoms with Gasteiger partial charge in [-0.15, -0.1) is 0 Å². The van der Waals surface area contributed by atoms with Gasteiger partial charge < -0.3 is 9.84 Å². The predicted molar refractivity (Wildman–Crippen MR) is 114 cm³/mol. The summed E-state index contributed by atoms with van der Waals surface area (Å²) in [4.78, 5) is 38.4. The second-order valence-electron chi connectivity index (χ2n) is 6.82. The molecule has 3 aromatic carbocycles. The molecule has 1 aliphatic heterocycles. The number of amides is 4. The van der Waals surface area contributed by atoms with E-state index < -0.39 is 17.8 Å². The van der Waals surface area contributed by atoms with Gasteiger partial charge in [0.05, 0.1) is 5.69 Å². The molecule has 4 amide bonds. The Kier molecular flexibility index (Phi) is 5.49. The number of carbonyl (C=O) groups is 3. The van der Waals surface area contributed by atoms with Crippen LogP contribution in [0, 0.1) is 0 Å². The molecule has 7 nitrogen and oxygen atoms in total. The van der Waals surface area contributed by atoms with Gasteiger partial charge in [-0.25, -0.2) is 9.69 Å². The van der Waals surface area contributed by atoms with Crippen molar-refractivity contribution in [3.63, 3.8) is 0 Å². The monoisotopic (exact) mass is 414 g/mol. The summed E-state index contributed by atoms with van der Waals surface area (Å²) in [5.41, 5.74) is 1.55. The fourth-order valence-electron chi connectivity index (χ4n) is 3.11. The summed E-state index contributed by atoms with van der Waals surface area (Å²) in [6.07, 6.45) is 1.33. The number of ether oxygens (including phenoxy) is 1. The number of barbiturate groups is 1. The van der Waals surface area contributed by atoms with Crippen molar-refractivity contribution in [2.75, 3.05) is 4.90 Å². The molecule has 1 heterocycles. The van der Waals surface area contributed by atoms with Crippen LogP contribution in [-0.2, 0) is 16.2 Å². The summed E-state index contributed by atoms with van der Waals surface area (Å²) in [5.74, 6) is -0.978. The van der Waals surface area contributed by atoms with Gasteiger partial charge in [-0.05, 0) is 53.6 Å². The Morgan fingerprint density at radius 3 is 2.35 bits per heavy atom. The third-order valence-electron chi connectivity index (χ3n) is 4.63. The van der Waals surface area contributed by atoms with Crippen LogP contribution in [0.25, 0.3) is 6.08 Å². The molecular weight excluding hydrogens is 396 g/mol. The lowest BCUT2D eigenvalue weighted by atomic mass is 10.1. The van der Waals surface area contributed by atoms with Crippen LogP contribution in [0.15, 0.2) is 84.4 Å². The number of rotatable bonds is 5. The van der Waals surface area contributed by atoms with Crippen LogP contribution >= 0.6 is 0 Å². The number of imide groups is 2. The molecule has 0 atom stereocenters. The molecule has 0 saturated carbocycles. The van der Waals surface area contributed by atoms with E-state index in [2.05, 4.69) is 5.32 Å². The number of nitrogens with zero attached hydrogens (tertiary/aromatic N) is 1. The Morgan fingerprint density at radius 1 is 0.903 bits per heavy atom. The fourth-order valence-corrected chi connectivity index (χ4v) is 3.11. The molecule has 1 fully saturated rings. The van der Waals surface area contributed by atoms with E-state index in [1.165, 1.54) is 18.2 Å². The van der Waals surface area contributed by atoms with Crippen molar-refractivity contribution in [1.82, 2.24) is 5.32 Å². The van der Waals surface area contributed by atoms with E-state index in [4.69, 9.17) is 4.74 Å². The van der Waals surface area contributed by atoms with Crippen molar-refractivity contribution in [1.29, 1.82) is 0 Å². The minimum absolute atomic E-state index is 0.00274. The van der Waals surface area contributed by atoms with Gasteiger partial charge in [-0.3, -0.25) is 14.9 Å². The number of carbonyl (C=O) groups excluding carboxylic acids is 3. The van der Waals surface area contributed by atoms with E-state index in [1.54, 1.807) is 36.4 Å². The maximum absolute atomic E-state index is 12.9. The SMILES string of the molecule is O=C1NC(=O)N(c2ccc(OCc3ccccc3)cc2)C(=O)/C1=C/c1cccc(O)c1. The highest BCUT2D eigenvalue weighted by atomic mass is 16.5. The molecule has 0 unspecified atom stereocenters. The van der Waals surface area contributed by atoms with E-state index in [9.17, 15) is 19.5 Å². The van der Waals surface area contributed by atoms with Gasteiger partial charge in [-0.2, -0.15) is 0 Å². The first-order chi connectivity index (χ1) is 15.0. The zero-order valence-electron chi connectivity index (χ0n) is 16.3. The molecule has 0 bridgehead atoms. The normalized spacial score (nSPS) is 15.2. The van der Waals surface area contributed by atoms with Crippen molar-refractivity contribution in [3.8, 4) is 11.5 Å². The summed E-state index contributed by atoms with van der Waals surface area (Å²) in [6.45, 7) is 0.384. The van der Waals surface area contributed by atoms with Gasteiger partial charge >= 0.3 is 6.03 Å². The van der Waals surface area contributed by atoms with Crippen LogP contribution in [0.2, 0.25) is 0 Å². The highest BCUT2D eigenvalue weighted by Gasteiger charge is 2.36. The number of aromatic hydroxyl groups is 1. The summed E-state index contributed by atoms with van der Waals surface area (Å²) in [5, 5.41) is 11.8. The average molecular weight is 414 g/mol. The average Bonchev–Trinajstić information content (AvgIpc) is 2.77. The highest BCUT2D eigenvalue weighted by molar-refractivity contribution is 6.39. The topological polar surface area (TPSA) is 95.9 Å². The van der Waals surface area contributed by atoms with Gasteiger partial charge in [0, 0.05) is 0 Å². The Bertz CT molecular complexity index is 1170. The fraction of sp³-hybridized carbons (Fsp3) is 0.0417. The van der Waals surface area contributed by atoms with Crippen molar-refractivity contribution in [2.45, 2.75) is 6.61 Å². The Balaban J connectivity index is 1.54. The molecule has 1 aliphatic rings. The van der Waals surface area contributed by atoms with E-state index in [-0.39, 0.29) is 11.3 Å². The van der Waals surface area contributed by atoms with E-state index in [0.29, 0.717) is 23.6 Å². The number of hydrogen-bond acceptors (Lipinski definition) is 5. The third kappa shape index (κ3) is 4.45. The van der Waals surface area contributed by atoms with Crippen LogP contribution in [0.4, 0.5) is 10.5 Å². The quantitative estimate of drug-likeness (QED) is 0.491. The van der Waals surface area contributed by atoms with Crippen molar-refractivity contribution in [2.24, 2.45) is 0 Å². The second kappa shape index (κ2) is 8.54. The van der Waals surface area contributed by atoms with Gasteiger partial charge in [0.15, 0.2) is 0 Å². The predicted octanol–water partition coefficient (Wildman–Crippen LogP) is 3.64. The number of hydrogen-bond donors (Lipinski definition) is 2. The van der Waals surface area contributed by atoms with Gasteiger partial charge in [0.25, 0.3) is 11.8 Å². The van der Waals surface area contributed by atoms with Crippen molar-refractivity contribution >= 4 is 29.6 Å². The van der Waals surface area contributed by atoms with E-state index in [0.717, 1.165) is 10.5 Å². The number of benzene rings is 3. The summed E-state index contributed by atoms with van der Waals surface area (Å²) < 4.78 is 5.72. The highest BCUT2D eigenvalue weighted by Crippen LogP contribution is 2.25. The number of phenols is 1. The first-order valence-electron chi connectivity index (χ1n) is 9.48. The largest absolute Gasteiger partial charge is 0.508 e. The standard InChI is InChI=1S/C24H18N2O5/c27-19-8-4-7-17(13-19)14-21-22(28)25-24(30)26(23(21)29)18-9-11-20(12-10-18)31-15-16-5-2-1-3-6-16/h1-14,27H,15H2,(H,25,28,30)/b21-14+. The first kappa shape index (κ1) is 19.9. The molecule has 0 spiro atoms. The second-order valence-corrected chi connectivity index (χ2v) is 6.82. The molecule has 4 rings (SSSR count). The number of nitrogens with one attached hydrogen (secondary N) is 1. The smallest absolute Gasteiger partial charge is 0.335 e. The molecule has 3 aromatic rings. The number of anilines is 1. The summed E-state index contributed by atoms with van der Waals surface area (Å²) in [6, 6.07) is 21.4. The molecule has 0 aromatic heterocycles. The van der Waals surface area contributed by atoms with Gasteiger partial charge in [-0.1, -0.05) is 42.5 Å².